The van der Waals surface area contributed by atoms with E-state index in [4.69, 9.17) is 22.1 Å². The summed E-state index contributed by atoms with van der Waals surface area (Å²) < 4.78 is 5.21. The zero-order valence-corrected chi connectivity index (χ0v) is 11.8. The van der Waals surface area contributed by atoms with E-state index in [-0.39, 0.29) is 25.2 Å². The molecule has 19 heavy (non-hydrogen) atoms. The van der Waals surface area contributed by atoms with Gasteiger partial charge in [0.15, 0.2) is 0 Å². The van der Waals surface area contributed by atoms with Gasteiger partial charge in [-0.15, -0.1) is 0 Å². The number of nitrogens with two attached hydrogens (primary N) is 1. The zero-order valence-electron chi connectivity index (χ0n) is 11.0. The van der Waals surface area contributed by atoms with Gasteiger partial charge < -0.3 is 15.8 Å². The van der Waals surface area contributed by atoms with Crippen molar-refractivity contribution in [2.45, 2.75) is 20.0 Å². The second-order valence-electron chi connectivity index (χ2n) is 4.11. The van der Waals surface area contributed by atoms with E-state index in [9.17, 15) is 4.79 Å². The van der Waals surface area contributed by atoms with Gasteiger partial charge in [0.25, 0.3) is 0 Å². The van der Waals surface area contributed by atoms with E-state index in [1.165, 1.54) is 0 Å². The molecule has 0 radical (unpaired) electrons. The fourth-order valence-corrected chi connectivity index (χ4v) is 1.45. The maximum absolute atomic E-state index is 11.6. The molecule has 0 aliphatic rings. The van der Waals surface area contributed by atoms with Crippen LogP contribution in [0, 0.1) is 11.8 Å². The molecule has 0 saturated carbocycles. The van der Waals surface area contributed by atoms with Crippen molar-refractivity contribution in [3.8, 4) is 11.8 Å². The predicted octanol–water partition coefficient (Wildman–Crippen LogP) is 2.01. The van der Waals surface area contributed by atoms with Crippen molar-refractivity contribution < 1.29 is 9.53 Å². The minimum absolute atomic E-state index is 0.00276. The molecule has 0 atom stereocenters. The molecule has 5 heteroatoms. The number of halogens is 1. The smallest absolute Gasteiger partial charge is 0.250 e. The van der Waals surface area contributed by atoms with Gasteiger partial charge in [0.05, 0.1) is 23.4 Å². The summed E-state index contributed by atoms with van der Waals surface area (Å²) in [4.78, 5) is 11.6. The summed E-state index contributed by atoms with van der Waals surface area (Å²) in [7, 11) is 0. The highest BCUT2D eigenvalue weighted by atomic mass is 35.5. The zero-order chi connectivity index (χ0) is 14.3. The Balaban J connectivity index is 2.74. The monoisotopic (exact) mass is 280 g/mol. The third kappa shape index (κ3) is 5.75. The summed E-state index contributed by atoms with van der Waals surface area (Å²) >= 11 is 6.01. The van der Waals surface area contributed by atoms with Crippen molar-refractivity contribution in [1.82, 2.24) is 0 Å². The molecule has 102 valence electrons. The van der Waals surface area contributed by atoms with Crippen LogP contribution in [0.1, 0.15) is 19.4 Å². The second kappa shape index (κ2) is 7.80. The Morgan fingerprint density at radius 1 is 1.53 bits per heavy atom. The van der Waals surface area contributed by atoms with Gasteiger partial charge >= 0.3 is 0 Å². The van der Waals surface area contributed by atoms with Gasteiger partial charge in [-0.05, 0) is 32.0 Å². The first-order valence-electron chi connectivity index (χ1n) is 5.93. The van der Waals surface area contributed by atoms with Crippen molar-refractivity contribution in [2.75, 3.05) is 18.5 Å². The lowest BCUT2D eigenvalue weighted by Gasteiger charge is -2.10. The molecule has 0 unspecified atom stereocenters. The second-order valence-corrected chi connectivity index (χ2v) is 4.52. The van der Waals surface area contributed by atoms with Crippen LogP contribution >= 0.6 is 11.6 Å². The van der Waals surface area contributed by atoms with Crippen molar-refractivity contribution in [1.29, 1.82) is 0 Å². The predicted molar refractivity (Wildman–Crippen MR) is 77.1 cm³/mol. The van der Waals surface area contributed by atoms with Crippen LogP contribution in [0.4, 0.5) is 5.69 Å². The summed E-state index contributed by atoms with van der Waals surface area (Å²) in [6.07, 6.45) is 0.00276. The largest absolute Gasteiger partial charge is 0.369 e. The first kappa shape index (κ1) is 15.5. The number of benzene rings is 1. The maximum atomic E-state index is 11.6. The lowest BCUT2D eigenvalue weighted by molar-refractivity contribution is -0.121. The van der Waals surface area contributed by atoms with Gasteiger partial charge in [0, 0.05) is 5.56 Å². The van der Waals surface area contributed by atoms with E-state index in [2.05, 4.69) is 17.2 Å². The Hall–Kier alpha value is -1.54. The van der Waals surface area contributed by atoms with E-state index in [0.717, 1.165) is 5.56 Å². The third-order valence-electron chi connectivity index (χ3n) is 2.12. The summed E-state index contributed by atoms with van der Waals surface area (Å²) in [6.45, 7) is 4.01. The van der Waals surface area contributed by atoms with Gasteiger partial charge in [0.2, 0.25) is 5.91 Å². The molecule has 0 spiro atoms. The number of rotatable bonds is 4. The van der Waals surface area contributed by atoms with Gasteiger partial charge in [0.1, 0.15) is 6.61 Å². The number of hydrogen-bond acceptors (Lipinski definition) is 3. The molecule has 0 aromatic heterocycles. The quantitative estimate of drug-likeness (QED) is 0.830. The number of anilines is 1. The molecule has 0 bridgehead atoms. The van der Waals surface area contributed by atoms with Crippen LogP contribution in [0.25, 0.3) is 0 Å². The minimum Gasteiger partial charge on any atom is -0.369 e. The average Bonchev–Trinajstić information content (AvgIpc) is 2.37. The van der Waals surface area contributed by atoms with Gasteiger partial charge in [-0.1, -0.05) is 23.4 Å². The molecule has 1 amide bonds. The molecule has 0 aliphatic carbocycles. The molecule has 1 aromatic rings. The molecular weight excluding hydrogens is 264 g/mol. The van der Waals surface area contributed by atoms with Gasteiger partial charge in [-0.2, -0.15) is 0 Å². The number of hydrogen-bond donors (Lipinski definition) is 2. The summed E-state index contributed by atoms with van der Waals surface area (Å²) in [6, 6.07) is 5.16. The van der Waals surface area contributed by atoms with E-state index in [0.29, 0.717) is 10.7 Å². The molecule has 3 N–H and O–H groups in total. The van der Waals surface area contributed by atoms with Crippen LogP contribution in [-0.4, -0.2) is 25.2 Å². The standard InChI is InChI=1S/C14H17ClN2O2/c1-10(2)19-9-14(18)17-13-8-11(4-3-7-16)5-6-12(13)15/h5-6,8,10H,7,9,16H2,1-2H3,(H,17,18). The van der Waals surface area contributed by atoms with Crippen molar-refractivity contribution in [3.05, 3.63) is 28.8 Å². The summed E-state index contributed by atoms with van der Waals surface area (Å²) in [5.41, 5.74) is 6.57. The SMILES string of the molecule is CC(C)OCC(=O)Nc1cc(C#CCN)ccc1Cl. The van der Waals surface area contributed by atoms with E-state index in [1.54, 1.807) is 18.2 Å². The van der Waals surface area contributed by atoms with Crippen molar-refractivity contribution >= 4 is 23.2 Å². The number of nitrogens with one attached hydrogen (secondary N) is 1. The normalized spacial score (nSPS) is 9.95. The Kier molecular flexibility index (Phi) is 6.37. The van der Waals surface area contributed by atoms with Crippen LogP contribution in [0.2, 0.25) is 5.02 Å². The summed E-state index contributed by atoms with van der Waals surface area (Å²) in [5, 5.41) is 3.14. The number of amides is 1. The van der Waals surface area contributed by atoms with Crippen LogP contribution in [0.15, 0.2) is 18.2 Å². The lowest BCUT2D eigenvalue weighted by atomic mass is 10.2. The number of ether oxygens (including phenoxy) is 1. The van der Waals surface area contributed by atoms with E-state index < -0.39 is 0 Å². The molecule has 0 fully saturated rings. The Labute approximate surface area is 118 Å². The summed E-state index contributed by atoms with van der Waals surface area (Å²) in [5.74, 6) is 5.37. The highest BCUT2D eigenvalue weighted by molar-refractivity contribution is 6.33. The van der Waals surface area contributed by atoms with Crippen LogP contribution < -0.4 is 11.1 Å². The highest BCUT2D eigenvalue weighted by Crippen LogP contribution is 2.22. The Morgan fingerprint density at radius 3 is 2.89 bits per heavy atom. The average molecular weight is 281 g/mol. The van der Waals surface area contributed by atoms with E-state index >= 15 is 0 Å². The fourth-order valence-electron chi connectivity index (χ4n) is 1.28. The van der Waals surface area contributed by atoms with Crippen molar-refractivity contribution in [3.63, 3.8) is 0 Å². The van der Waals surface area contributed by atoms with Crippen LogP contribution in [-0.2, 0) is 9.53 Å². The van der Waals surface area contributed by atoms with Gasteiger partial charge in [-0.25, -0.2) is 0 Å². The topological polar surface area (TPSA) is 64.3 Å². The molecular formula is C14H17ClN2O2. The molecule has 1 aromatic carbocycles. The number of carbonyl (C=O) groups is 1. The molecule has 1 rings (SSSR count). The lowest BCUT2D eigenvalue weighted by Crippen LogP contribution is -2.20. The fraction of sp³-hybridized carbons (Fsp3) is 0.357. The Bertz CT molecular complexity index is 504. The van der Waals surface area contributed by atoms with Crippen molar-refractivity contribution in [2.24, 2.45) is 5.73 Å². The van der Waals surface area contributed by atoms with E-state index in [1.807, 2.05) is 13.8 Å². The molecule has 0 aliphatic heterocycles. The third-order valence-corrected chi connectivity index (χ3v) is 2.45. The highest BCUT2D eigenvalue weighted by Gasteiger charge is 2.07. The van der Waals surface area contributed by atoms with Crippen LogP contribution in [0.5, 0.6) is 0 Å². The van der Waals surface area contributed by atoms with Gasteiger partial charge in [-0.3, -0.25) is 4.79 Å². The first-order chi connectivity index (χ1) is 9.02. The van der Waals surface area contributed by atoms with Crippen LogP contribution in [0.3, 0.4) is 0 Å². The molecule has 0 saturated heterocycles. The minimum atomic E-state index is -0.250. The molecule has 4 nitrogen and oxygen atoms in total. The number of carbonyl (C=O) groups excluding carboxylic acids is 1. The maximum Gasteiger partial charge on any atom is 0.250 e. The molecule has 0 heterocycles. The Morgan fingerprint density at radius 2 is 2.26 bits per heavy atom. The first-order valence-corrected chi connectivity index (χ1v) is 6.30.